The van der Waals surface area contributed by atoms with Crippen molar-refractivity contribution in [2.45, 2.75) is 12.5 Å². The fourth-order valence-corrected chi connectivity index (χ4v) is 2.56. The molecule has 1 saturated heterocycles. The van der Waals surface area contributed by atoms with Gasteiger partial charge in [-0.05, 0) is 6.07 Å². The zero-order valence-corrected chi connectivity index (χ0v) is 13.5. The predicted octanol–water partition coefficient (Wildman–Crippen LogP) is 0.570. The van der Waals surface area contributed by atoms with Crippen molar-refractivity contribution < 1.29 is 9.53 Å². The molecule has 1 fully saturated rings. The molecule has 0 unspecified atom stereocenters. The Morgan fingerprint density at radius 3 is 2.91 bits per heavy atom. The normalized spacial score (nSPS) is 17.3. The first-order valence-corrected chi connectivity index (χ1v) is 7.48. The molecule has 1 aliphatic rings. The van der Waals surface area contributed by atoms with Crippen molar-refractivity contribution >= 4 is 11.7 Å². The van der Waals surface area contributed by atoms with Crippen molar-refractivity contribution in [3.63, 3.8) is 0 Å². The molecular formula is C15H20N6O2. The molecule has 1 atom stereocenters. The van der Waals surface area contributed by atoms with Gasteiger partial charge in [0.25, 0.3) is 5.91 Å². The van der Waals surface area contributed by atoms with Crippen molar-refractivity contribution in [3.8, 4) is 5.88 Å². The van der Waals surface area contributed by atoms with Crippen LogP contribution in [0.4, 0.5) is 5.82 Å². The van der Waals surface area contributed by atoms with Crippen LogP contribution >= 0.6 is 0 Å². The van der Waals surface area contributed by atoms with E-state index in [1.54, 1.807) is 35.0 Å². The van der Waals surface area contributed by atoms with E-state index in [1.165, 1.54) is 6.33 Å². The van der Waals surface area contributed by atoms with E-state index in [0.29, 0.717) is 24.7 Å². The molecule has 122 valence electrons. The van der Waals surface area contributed by atoms with Crippen LogP contribution in [-0.4, -0.2) is 63.8 Å². The fourth-order valence-electron chi connectivity index (χ4n) is 2.56. The van der Waals surface area contributed by atoms with Crippen LogP contribution in [0.25, 0.3) is 0 Å². The number of carbonyl (C=O) groups excluding carboxylic acids is 1. The van der Waals surface area contributed by atoms with Gasteiger partial charge < -0.3 is 14.5 Å². The predicted molar refractivity (Wildman–Crippen MR) is 84.5 cm³/mol. The molecule has 0 spiro atoms. The number of hydrogen-bond acceptors (Lipinski definition) is 6. The highest BCUT2D eigenvalue weighted by molar-refractivity contribution is 5.92. The van der Waals surface area contributed by atoms with E-state index in [2.05, 4.69) is 15.1 Å². The van der Waals surface area contributed by atoms with Gasteiger partial charge in [0.05, 0.1) is 6.54 Å². The molecule has 2 aromatic rings. The third kappa shape index (κ3) is 3.25. The van der Waals surface area contributed by atoms with Gasteiger partial charge in [0.15, 0.2) is 0 Å². The van der Waals surface area contributed by atoms with E-state index in [9.17, 15) is 4.79 Å². The minimum atomic E-state index is -0.0583. The molecule has 8 nitrogen and oxygen atoms in total. The third-order valence-electron chi connectivity index (χ3n) is 3.85. The van der Waals surface area contributed by atoms with E-state index in [0.717, 1.165) is 12.2 Å². The van der Waals surface area contributed by atoms with Crippen LogP contribution in [0.3, 0.4) is 0 Å². The van der Waals surface area contributed by atoms with Crippen LogP contribution in [0.15, 0.2) is 24.7 Å². The highest BCUT2D eigenvalue weighted by Gasteiger charge is 2.29. The monoisotopic (exact) mass is 316 g/mol. The Balaban J connectivity index is 1.63. The summed E-state index contributed by atoms with van der Waals surface area (Å²) in [6.45, 7) is 1.21. The molecule has 1 aliphatic heterocycles. The zero-order chi connectivity index (χ0) is 16.4. The summed E-state index contributed by atoms with van der Waals surface area (Å²) in [6, 6.07) is 3.52. The van der Waals surface area contributed by atoms with Crippen LogP contribution in [-0.2, 0) is 7.05 Å². The minimum absolute atomic E-state index is 0.0206. The molecule has 0 radical (unpaired) electrons. The van der Waals surface area contributed by atoms with Crippen molar-refractivity contribution in [1.82, 2.24) is 24.6 Å². The molecule has 1 amide bonds. The molecular weight excluding hydrogens is 296 g/mol. The van der Waals surface area contributed by atoms with Gasteiger partial charge in [0, 0.05) is 46.4 Å². The molecule has 8 heteroatoms. The summed E-state index contributed by atoms with van der Waals surface area (Å²) in [5.74, 6) is 1.30. The summed E-state index contributed by atoms with van der Waals surface area (Å²) in [5.41, 5.74) is 0.586. The number of hydrogen-bond donors (Lipinski definition) is 0. The molecule has 0 bridgehead atoms. The Morgan fingerprint density at radius 2 is 2.22 bits per heavy atom. The second kappa shape index (κ2) is 6.23. The molecule has 3 heterocycles. The molecule has 23 heavy (non-hydrogen) atoms. The largest absolute Gasteiger partial charge is 0.472 e. The maximum atomic E-state index is 12.4. The SMILES string of the molecule is CN(C)c1cc(O[C@H]2CCN(C(=O)c3ccnn3C)C2)ncn1. The van der Waals surface area contributed by atoms with Gasteiger partial charge in [-0.3, -0.25) is 9.48 Å². The Hall–Kier alpha value is -2.64. The summed E-state index contributed by atoms with van der Waals surface area (Å²) in [4.78, 5) is 24.4. The number of rotatable bonds is 4. The number of nitrogens with zero attached hydrogens (tertiary/aromatic N) is 6. The summed E-state index contributed by atoms with van der Waals surface area (Å²) in [7, 11) is 5.59. The number of aromatic nitrogens is 4. The highest BCUT2D eigenvalue weighted by Crippen LogP contribution is 2.20. The van der Waals surface area contributed by atoms with Gasteiger partial charge in [-0.15, -0.1) is 0 Å². The Bertz CT molecular complexity index is 699. The van der Waals surface area contributed by atoms with Crippen LogP contribution in [0.1, 0.15) is 16.9 Å². The average molecular weight is 316 g/mol. The number of amides is 1. The van der Waals surface area contributed by atoms with Crippen LogP contribution in [0.2, 0.25) is 0 Å². The molecule has 0 aromatic carbocycles. The van der Waals surface area contributed by atoms with E-state index >= 15 is 0 Å². The van der Waals surface area contributed by atoms with Crippen molar-refractivity contribution in [2.75, 3.05) is 32.1 Å². The first-order chi connectivity index (χ1) is 11.0. The molecule has 3 rings (SSSR count). The number of carbonyl (C=O) groups is 1. The van der Waals surface area contributed by atoms with Crippen LogP contribution in [0.5, 0.6) is 5.88 Å². The van der Waals surface area contributed by atoms with E-state index < -0.39 is 0 Å². The number of likely N-dealkylation sites (tertiary alicyclic amines) is 1. The number of ether oxygens (including phenoxy) is 1. The summed E-state index contributed by atoms with van der Waals surface area (Å²) >= 11 is 0. The first-order valence-electron chi connectivity index (χ1n) is 7.48. The Kier molecular flexibility index (Phi) is 4.14. The highest BCUT2D eigenvalue weighted by atomic mass is 16.5. The number of anilines is 1. The lowest BCUT2D eigenvalue weighted by atomic mass is 10.3. The molecule has 0 aliphatic carbocycles. The van der Waals surface area contributed by atoms with Gasteiger partial charge in [-0.1, -0.05) is 0 Å². The van der Waals surface area contributed by atoms with Gasteiger partial charge in [-0.2, -0.15) is 5.10 Å². The van der Waals surface area contributed by atoms with Crippen molar-refractivity contribution in [2.24, 2.45) is 7.05 Å². The molecule has 2 aromatic heterocycles. The van der Waals surface area contributed by atoms with Crippen LogP contribution < -0.4 is 9.64 Å². The standard InChI is InChI=1S/C15H20N6O2/c1-19(2)13-8-14(17-10-16-13)23-11-5-7-21(9-11)15(22)12-4-6-18-20(12)3/h4,6,8,10-11H,5,7,9H2,1-3H3/t11-/m0/s1. The maximum Gasteiger partial charge on any atom is 0.272 e. The maximum absolute atomic E-state index is 12.4. The Labute approximate surface area is 134 Å². The minimum Gasteiger partial charge on any atom is -0.472 e. The van der Waals surface area contributed by atoms with Gasteiger partial charge >= 0.3 is 0 Å². The average Bonchev–Trinajstić information content (AvgIpc) is 3.16. The van der Waals surface area contributed by atoms with Crippen molar-refractivity contribution in [1.29, 1.82) is 0 Å². The summed E-state index contributed by atoms with van der Waals surface area (Å²) in [6.07, 6.45) is 3.83. The molecule has 0 N–H and O–H groups in total. The van der Waals surface area contributed by atoms with Crippen molar-refractivity contribution in [3.05, 3.63) is 30.4 Å². The second-order valence-electron chi connectivity index (χ2n) is 5.73. The zero-order valence-electron chi connectivity index (χ0n) is 13.5. The van der Waals surface area contributed by atoms with E-state index in [1.807, 2.05) is 19.0 Å². The Morgan fingerprint density at radius 1 is 1.39 bits per heavy atom. The molecule has 0 saturated carbocycles. The van der Waals surface area contributed by atoms with Gasteiger partial charge in [-0.25, -0.2) is 9.97 Å². The first kappa shape index (κ1) is 15.3. The van der Waals surface area contributed by atoms with E-state index in [-0.39, 0.29) is 12.0 Å². The third-order valence-corrected chi connectivity index (χ3v) is 3.85. The summed E-state index contributed by atoms with van der Waals surface area (Å²) < 4.78 is 7.49. The van der Waals surface area contributed by atoms with Crippen LogP contribution in [0, 0.1) is 0 Å². The lowest BCUT2D eigenvalue weighted by Gasteiger charge is -2.17. The second-order valence-corrected chi connectivity index (χ2v) is 5.73. The smallest absolute Gasteiger partial charge is 0.272 e. The fraction of sp³-hybridized carbons (Fsp3) is 0.467. The topological polar surface area (TPSA) is 76.4 Å². The van der Waals surface area contributed by atoms with Gasteiger partial charge in [0.1, 0.15) is 23.9 Å². The lowest BCUT2D eigenvalue weighted by molar-refractivity contribution is 0.0760. The summed E-state index contributed by atoms with van der Waals surface area (Å²) in [5, 5.41) is 4.04. The quantitative estimate of drug-likeness (QED) is 0.821. The number of aryl methyl sites for hydroxylation is 1. The van der Waals surface area contributed by atoms with E-state index in [4.69, 9.17) is 4.74 Å². The van der Waals surface area contributed by atoms with Gasteiger partial charge in [0.2, 0.25) is 5.88 Å². The lowest BCUT2D eigenvalue weighted by Crippen LogP contribution is -2.32.